The summed E-state index contributed by atoms with van der Waals surface area (Å²) in [6.45, 7) is 5.33. The van der Waals surface area contributed by atoms with Crippen LogP contribution in [0.15, 0.2) is 12.3 Å². The highest BCUT2D eigenvalue weighted by Gasteiger charge is 2.12. The van der Waals surface area contributed by atoms with Gasteiger partial charge in [0.05, 0.1) is 0 Å². The van der Waals surface area contributed by atoms with Gasteiger partial charge in [-0.1, -0.05) is 13.8 Å². The number of amides is 1. The number of carbonyl (C=O) groups excluding carboxylic acids is 1. The molecule has 0 aliphatic heterocycles. The van der Waals surface area contributed by atoms with E-state index in [9.17, 15) is 4.79 Å². The van der Waals surface area contributed by atoms with Gasteiger partial charge in [0, 0.05) is 18.7 Å². The molecule has 0 saturated heterocycles. The standard InChI is InChI=1S/C10H15ClN4O/c1-3-12-6-7(2)9(16)14-8-4-5-13-10(11)15-8/h4-5,7,12H,3,6H2,1-2H3,(H,13,14,15,16). The summed E-state index contributed by atoms with van der Waals surface area (Å²) >= 11 is 5.61. The molecule has 0 radical (unpaired) electrons. The molecule has 0 aliphatic rings. The molecule has 0 aromatic carbocycles. The van der Waals surface area contributed by atoms with Gasteiger partial charge in [-0.2, -0.15) is 0 Å². The number of nitrogens with zero attached hydrogens (tertiary/aromatic N) is 2. The molecule has 1 aromatic heterocycles. The molecule has 0 fully saturated rings. The lowest BCUT2D eigenvalue weighted by Crippen LogP contribution is -2.30. The number of carbonyl (C=O) groups is 1. The maximum atomic E-state index is 11.7. The van der Waals surface area contributed by atoms with Crippen LogP contribution in [0.4, 0.5) is 5.82 Å². The zero-order valence-electron chi connectivity index (χ0n) is 9.33. The van der Waals surface area contributed by atoms with Crippen LogP contribution in [0.25, 0.3) is 0 Å². The monoisotopic (exact) mass is 242 g/mol. The van der Waals surface area contributed by atoms with Crippen molar-refractivity contribution in [2.75, 3.05) is 18.4 Å². The van der Waals surface area contributed by atoms with Crippen molar-refractivity contribution in [3.8, 4) is 0 Å². The minimum atomic E-state index is -0.117. The predicted molar refractivity (Wildman–Crippen MR) is 63.4 cm³/mol. The van der Waals surface area contributed by atoms with E-state index >= 15 is 0 Å². The van der Waals surface area contributed by atoms with Crippen molar-refractivity contribution in [3.05, 3.63) is 17.5 Å². The Kier molecular flexibility index (Phi) is 5.14. The van der Waals surface area contributed by atoms with E-state index in [0.29, 0.717) is 12.4 Å². The number of nitrogens with one attached hydrogen (secondary N) is 2. The molecule has 0 aliphatic carbocycles. The second-order valence-corrected chi connectivity index (χ2v) is 3.75. The topological polar surface area (TPSA) is 66.9 Å². The lowest BCUT2D eigenvalue weighted by atomic mass is 10.1. The van der Waals surface area contributed by atoms with Gasteiger partial charge in [0.25, 0.3) is 0 Å². The number of halogens is 1. The summed E-state index contributed by atoms with van der Waals surface area (Å²) in [5.41, 5.74) is 0. The molecule has 6 heteroatoms. The summed E-state index contributed by atoms with van der Waals surface area (Å²) in [5, 5.41) is 5.91. The summed E-state index contributed by atoms with van der Waals surface area (Å²) in [7, 11) is 0. The van der Waals surface area contributed by atoms with Gasteiger partial charge in [0.2, 0.25) is 11.2 Å². The Bertz CT molecular complexity index is 358. The van der Waals surface area contributed by atoms with E-state index in [4.69, 9.17) is 11.6 Å². The van der Waals surface area contributed by atoms with Crippen LogP contribution < -0.4 is 10.6 Å². The fraction of sp³-hybridized carbons (Fsp3) is 0.500. The normalized spacial score (nSPS) is 12.2. The van der Waals surface area contributed by atoms with Gasteiger partial charge in [-0.15, -0.1) is 0 Å². The van der Waals surface area contributed by atoms with E-state index in [1.807, 2.05) is 13.8 Å². The first-order chi connectivity index (χ1) is 7.63. The number of hydrogen-bond donors (Lipinski definition) is 2. The lowest BCUT2D eigenvalue weighted by molar-refractivity contribution is -0.119. The van der Waals surface area contributed by atoms with Gasteiger partial charge in [-0.25, -0.2) is 9.97 Å². The van der Waals surface area contributed by atoms with Gasteiger partial charge in [0.1, 0.15) is 5.82 Å². The van der Waals surface area contributed by atoms with Crippen molar-refractivity contribution in [1.82, 2.24) is 15.3 Å². The molecule has 2 N–H and O–H groups in total. The third-order valence-corrected chi connectivity index (χ3v) is 2.21. The predicted octanol–water partition coefficient (Wildman–Crippen LogP) is 1.31. The lowest BCUT2D eigenvalue weighted by Gasteiger charge is -2.11. The second-order valence-electron chi connectivity index (χ2n) is 3.41. The van der Waals surface area contributed by atoms with Crippen LogP contribution in [0.5, 0.6) is 0 Å². The smallest absolute Gasteiger partial charge is 0.229 e. The van der Waals surface area contributed by atoms with Crippen LogP contribution in [-0.4, -0.2) is 29.0 Å². The van der Waals surface area contributed by atoms with E-state index in [-0.39, 0.29) is 17.1 Å². The largest absolute Gasteiger partial charge is 0.316 e. The summed E-state index contributed by atoms with van der Waals surface area (Å²) < 4.78 is 0. The Morgan fingerprint density at radius 2 is 2.38 bits per heavy atom. The van der Waals surface area contributed by atoms with Crippen LogP contribution in [0.2, 0.25) is 5.28 Å². The molecule has 0 saturated carbocycles. The first-order valence-electron chi connectivity index (χ1n) is 5.13. The maximum absolute atomic E-state index is 11.7. The molecule has 1 atom stereocenters. The Hall–Kier alpha value is -1.20. The molecule has 1 amide bonds. The van der Waals surface area contributed by atoms with E-state index in [0.717, 1.165) is 6.54 Å². The molecule has 1 heterocycles. The molecule has 0 spiro atoms. The summed E-state index contributed by atoms with van der Waals surface area (Å²) in [5.74, 6) is 0.220. The SMILES string of the molecule is CCNCC(C)C(=O)Nc1ccnc(Cl)n1. The van der Waals surface area contributed by atoms with Gasteiger partial charge in [-0.3, -0.25) is 4.79 Å². The summed E-state index contributed by atoms with van der Waals surface area (Å²) in [4.78, 5) is 19.3. The number of rotatable bonds is 5. The van der Waals surface area contributed by atoms with Gasteiger partial charge >= 0.3 is 0 Å². The van der Waals surface area contributed by atoms with Crippen LogP contribution in [0, 0.1) is 5.92 Å². The third-order valence-electron chi connectivity index (χ3n) is 2.03. The third kappa shape index (κ3) is 4.12. The second kappa shape index (κ2) is 6.40. The summed E-state index contributed by atoms with van der Waals surface area (Å²) in [6.07, 6.45) is 1.50. The quantitative estimate of drug-likeness (QED) is 0.765. The fourth-order valence-corrected chi connectivity index (χ4v) is 1.25. The zero-order valence-corrected chi connectivity index (χ0v) is 10.1. The molecule has 16 heavy (non-hydrogen) atoms. The molecular formula is C10H15ClN4O. The van der Waals surface area contributed by atoms with E-state index in [2.05, 4.69) is 20.6 Å². The highest BCUT2D eigenvalue weighted by molar-refractivity contribution is 6.28. The number of anilines is 1. The number of aromatic nitrogens is 2. The highest BCUT2D eigenvalue weighted by atomic mass is 35.5. The molecule has 1 rings (SSSR count). The number of hydrogen-bond acceptors (Lipinski definition) is 4. The van der Waals surface area contributed by atoms with Crippen molar-refractivity contribution in [2.24, 2.45) is 5.92 Å². The molecule has 0 bridgehead atoms. The summed E-state index contributed by atoms with van der Waals surface area (Å²) in [6, 6.07) is 1.60. The fourth-order valence-electron chi connectivity index (χ4n) is 1.11. The first-order valence-corrected chi connectivity index (χ1v) is 5.51. The Morgan fingerprint density at radius 3 is 3.00 bits per heavy atom. The Morgan fingerprint density at radius 1 is 1.62 bits per heavy atom. The molecule has 1 unspecified atom stereocenters. The maximum Gasteiger partial charge on any atom is 0.229 e. The minimum absolute atomic E-state index is 0.0873. The minimum Gasteiger partial charge on any atom is -0.316 e. The van der Waals surface area contributed by atoms with E-state index in [1.54, 1.807) is 6.07 Å². The first kappa shape index (κ1) is 12.9. The van der Waals surface area contributed by atoms with Crippen molar-refractivity contribution >= 4 is 23.3 Å². The van der Waals surface area contributed by atoms with Gasteiger partial charge in [-0.05, 0) is 24.2 Å². The van der Waals surface area contributed by atoms with Crippen molar-refractivity contribution in [3.63, 3.8) is 0 Å². The molecule has 1 aromatic rings. The van der Waals surface area contributed by atoms with Gasteiger partial charge < -0.3 is 10.6 Å². The Labute approximate surface area is 99.6 Å². The van der Waals surface area contributed by atoms with Gasteiger partial charge in [0.15, 0.2) is 0 Å². The van der Waals surface area contributed by atoms with Crippen molar-refractivity contribution < 1.29 is 4.79 Å². The van der Waals surface area contributed by atoms with E-state index < -0.39 is 0 Å². The van der Waals surface area contributed by atoms with Crippen LogP contribution in [0.1, 0.15) is 13.8 Å². The Balaban J connectivity index is 2.50. The van der Waals surface area contributed by atoms with Crippen LogP contribution >= 0.6 is 11.6 Å². The van der Waals surface area contributed by atoms with E-state index in [1.165, 1.54) is 6.20 Å². The molecule has 5 nitrogen and oxygen atoms in total. The highest BCUT2D eigenvalue weighted by Crippen LogP contribution is 2.07. The average Bonchev–Trinajstić information content (AvgIpc) is 2.25. The van der Waals surface area contributed by atoms with Crippen LogP contribution in [0.3, 0.4) is 0 Å². The van der Waals surface area contributed by atoms with Crippen molar-refractivity contribution in [2.45, 2.75) is 13.8 Å². The van der Waals surface area contributed by atoms with Crippen LogP contribution in [-0.2, 0) is 4.79 Å². The molecule has 88 valence electrons. The molecular weight excluding hydrogens is 228 g/mol. The average molecular weight is 243 g/mol. The van der Waals surface area contributed by atoms with Crippen molar-refractivity contribution in [1.29, 1.82) is 0 Å². The zero-order chi connectivity index (χ0) is 12.0.